The van der Waals surface area contributed by atoms with Gasteiger partial charge in [-0.3, -0.25) is 4.79 Å². The van der Waals surface area contributed by atoms with Crippen molar-refractivity contribution < 1.29 is 18.7 Å². The molecule has 3 heterocycles. The maximum Gasteiger partial charge on any atom is 0.227 e. The molecule has 172 valence electrons. The maximum absolute atomic E-state index is 14.6. The minimum atomic E-state index is -0.364. The summed E-state index contributed by atoms with van der Waals surface area (Å²) in [6.07, 6.45) is 0.308. The molecule has 4 aromatic rings. The molecule has 8 heteroatoms. The molecule has 1 aromatic heterocycles. The van der Waals surface area contributed by atoms with Crippen molar-refractivity contribution >= 4 is 34.2 Å². The van der Waals surface area contributed by atoms with Crippen LogP contribution in [0.1, 0.15) is 23.7 Å². The lowest BCUT2D eigenvalue weighted by Crippen LogP contribution is -2.25. The summed E-state index contributed by atoms with van der Waals surface area (Å²) in [5.41, 5.74) is 2.84. The first kappa shape index (κ1) is 21.0. The Hall–Kier alpha value is -3.58. The number of hydrogen-bond donors (Lipinski definition) is 0. The highest BCUT2D eigenvalue weighted by Gasteiger charge is 2.35. The van der Waals surface area contributed by atoms with E-state index in [1.54, 1.807) is 17.0 Å². The second kappa shape index (κ2) is 8.33. The second-order valence-electron chi connectivity index (χ2n) is 8.48. The van der Waals surface area contributed by atoms with E-state index >= 15 is 0 Å². The predicted octanol–water partition coefficient (Wildman–Crippen LogP) is 5.17. The van der Waals surface area contributed by atoms with Crippen molar-refractivity contribution in [2.24, 2.45) is 0 Å². The molecule has 1 fully saturated rings. The molecule has 0 saturated carbocycles. The van der Waals surface area contributed by atoms with Gasteiger partial charge in [0.2, 0.25) is 5.91 Å². The van der Waals surface area contributed by atoms with Crippen LogP contribution in [-0.4, -0.2) is 35.2 Å². The van der Waals surface area contributed by atoms with Gasteiger partial charge in [0.05, 0.1) is 17.6 Å². The molecule has 1 unspecified atom stereocenters. The van der Waals surface area contributed by atoms with Gasteiger partial charge in [-0.25, -0.2) is 9.37 Å². The van der Waals surface area contributed by atoms with Crippen LogP contribution in [0.15, 0.2) is 60.7 Å². The van der Waals surface area contributed by atoms with Crippen LogP contribution in [0, 0.1) is 5.82 Å². The fraction of sp³-hybridized carbons (Fsp3) is 0.231. The number of imidazole rings is 1. The highest BCUT2D eigenvalue weighted by atomic mass is 35.5. The second-order valence-corrected chi connectivity index (χ2v) is 8.89. The van der Waals surface area contributed by atoms with Crippen molar-refractivity contribution in [2.45, 2.75) is 18.9 Å². The van der Waals surface area contributed by atoms with E-state index in [0.29, 0.717) is 48.3 Å². The third-order valence-corrected chi connectivity index (χ3v) is 6.74. The molecule has 1 saturated heterocycles. The highest BCUT2D eigenvalue weighted by Crippen LogP contribution is 2.38. The highest BCUT2D eigenvalue weighted by molar-refractivity contribution is 6.31. The average molecular weight is 478 g/mol. The third kappa shape index (κ3) is 3.56. The smallest absolute Gasteiger partial charge is 0.227 e. The first-order valence-corrected chi connectivity index (χ1v) is 11.5. The number of rotatable bonds is 4. The number of fused-ring (bicyclic) bond motifs is 2. The van der Waals surface area contributed by atoms with E-state index in [4.69, 9.17) is 26.1 Å². The van der Waals surface area contributed by atoms with Crippen molar-refractivity contribution in [1.29, 1.82) is 0 Å². The number of carbonyl (C=O) groups excluding carboxylic acids is 1. The molecular formula is C26H21ClFN3O3. The van der Waals surface area contributed by atoms with Gasteiger partial charge in [-0.2, -0.15) is 0 Å². The Labute approximate surface area is 200 Å². The molecule has 1 amide bonds. The van der Waals surface area contributed by atoms with Gasteiger partial charge >= 0.3 is 0 Å². The zero-order valence-electron chi connectivity index (χ0n) is 18.2. The maximum atomic E-state index is 14.6. The summed E-state index contributed by atoms with van der Waals surface area (Å²) in [7, 11) is 0. The molecule has 6 rings (SSSR count). The number of halogens is 2. The number of hydrogen-bond acceptors (Lipinski definition) is 4. The van der Waals surface area contributed by atoms with Crippen LogP contribution in [0.3, 0.4) is 0 Å². The molecule has 2 aliphatic heterocycles. The summed E-state index contributed by atoms with van der Waals surface area (Å²) >= 11 is 6.34. The predicted molar refractivity (Wildman–Crippen MR) is 127 cm³/mol. The Morgan fingerprint density at radius 1 is 1.03 bits per heavy atom. The van der Waals surface area contributed by atoms with Crippen LogP contribution in [-0.2, 0) is 11.3 Å². The van der Waals surface area contributed by atoms with E-state index in [1.165, 1.54) is 6.07 Å². The summed E-state index contributed by atoms with van der Waals surface area (Å²) < 4.78 is 27.9. The molecule has 34 heavy (non-hydrogen) atoms. The summed E-state index contributed by atoms with van der Waals surface area (Å²) in [6.45, 7) is 1.69. The lowest BCUT2D eigenvalue weighted by atomic mass is 10.1. The van der Waals surface area contributed by atoms with Crippen molar-refractivity contribution in [3.05, 3.63) is 82.9 Å². The molecule has 1 atom stereocenters. The van der Waals surface area contributed by atoms with E-state index in [-0.39, 0.29) is 24.2 Å². The van der Waals surface area contributed by atoms with Gasteiger partial charge in [0.25, 0.3) is 0 Å². The number of para-hydroxylation sites is 2. The van der Waals surface area contributed by atoms with Gasteiger partial charge in [0.15, 0.2) is 11.5 Å². The first-order chi connectivity index (χ1) is 16.6. The van der Waals surface area contributed by atoms with Gasteiger partial charge in [-0.05, 0) is 36.4 Å². The van der Waals surface area contributed by atoms with Crippen LogP contribution >= 0.6 is 11.6 Å². The summed E-state index contributed by atoms with van der Waals surface area (Å²) in [5.74, 6) is 1.55. The van der Waals surface area contributed by atoms with E-state index in [2.05, 4.69) is 0 Å². The average Bonchev–Trinajstić information content (AvgIpc) is 3.41. The molecule has 0 bridgehead atoms. The Morgan fingerprint density at radius 2 is 1.85 bits per heavy atom. The lowest BCUT2D eigenvalue weighted by Gasteiger charge is -2.22. The van der Waals surface area contributed by atoms with E-state index in [0.717, 1.165) is 22.5 Å². The topological polar surface area (TPSA) is 56.6 Å². The first-order valence-electron chi connectivity index (χ1n) is 11.2. The molecular weight excluding hydrogens is 457 g/mol. The van der Waals surface area contributed by atoms with Crippen LogP contribution in [0.2, 0.25) is 5.02 Å². The minimum Gasteiger partial charge on any atom is -0.486 e. The molecule has 3 aromatic carbocycles. The van der Waals surface area contributed by atoms with Crippen LogP contribution in [0.25, 0.3) is 11.0 Å². The van der Waals surface area contributed by atoms with Gasteiger partial charge in [0.1, 0.15) is 24.9 Å². The Kier molecular flexibility index (Phi) is 5.14. The standard InChI is InChI=1S/C26H21ClFN3O3/c27-19-4-3-5-20(28)18(19)15-31-22-7-2-1-6-21(22)29-26(31)16-12-25(32)30(14-16)17-8-9-23-24(13-17)34-11-10-33-23/h1-9,13,16H,10-12,14-15H2. The fourth-order valence-corrected chi connectivity index (χ4v) is 4.97. The van der Waals surface area contributed by atoms with Gasteiger partial charge in [-0.15, -0.1) is 0 Å². The summed E-state index contributed by atoms with van der Waals surface area (Å²) in [5, 5.41) is 0.365. The monoisotopic (exact) mass is 477 g/mol. The Morgan fingerprint density at radius 3 is 2.71 bits per heavy atom. The van der Waals surface area contributed by atoms with Gasteiger partial charge < -0.3 is 18.9 Å². The lowest BCUT2D eigenvalue weighted by molar-refractivity contribution is -0.117. The normalized spacial score (nSPS) is 17.5. The molecule has 6 nitrogen and oxygen atoms in total. The number of aromatic nitrogens is 2. The molecule has 0 spiro atoms. The SMILES string of the molecule is O=C1CC(c2nc3ccccc3n2Cc2c(F)cccc2Cl)CN1c1ccc2c(c1)OCCO2. The van der Waals surface area contributed by atoms with Crippen molar-refractivity contribution in [2.75, 3.05) is 24.7 Å². The number of benzene rings is 3. The van der Waals surface area contributed by atoms with E-state index < -0.39 is 0 Å². The zero-order valence-corrected chi connectivity index (χ0v) is 19.0. The summed E-state index contributed by atoms with van der Waals surface area (Å²) in [4.78, 5) is 19.7. The number of carbonyl (C=O) groups is 1. The van der Waals surface area contributed by atoms with Crippen LogP contribution in [0.4, 0.5) is 10.1 Å². The minimum absolute atomic E-state index is 0.00390. The molecule has 0 aliphatic carbocycles. The quantitative estimate of drug-likeness (QED) is 0.407. The van der Waals surface area contributed by atoms with Crippen LogP contribution in [0.5, 0.6) is 11.5 Å². The third-order valence-electron chi connectivity index (χ3n) is 6.39. The number of nitrogens with zero attached hydrogens (tertiary/aromatic N) is 3. The molecule has 2 aliphatic rings. The fourth-order valence-electron chi connectivity index (χ4n) is 4.74. The molecule has 0 radical (unpaired) electrons. The van der Waals surface area contributed by atoms with Crippen molar-refractivity contribution in [3.8, 4) is 11.5 Å². The van der Waals surface area contributed by atoms with Gasteiger partial charge in [0, 0.05) is 41.2 Å². The molecule has 0 N–H and O–H groups in total. The Balaban J connectivity index is 1.37. The van der Waals surface area contributed by atoms with Crippen LogP contribution < -0.4 is 14.4 Å². The largest absolute Gasteiger partial charge is 0.486 e. The number of anilines is 1. The number of ether oxygens (including phenoxy) is 2. The Bertz CT molecular complexity index is 1400. The van der Waals surface area contributed by atoms with Gasteiger partial charge in [-0.1, -0.05) is 29.8 Å². The number of amides is 1. The zero-order chi connectivity index (χ0) is 23.2. The van der Waals surface area contributed by atoms with Crippen molar-refractivity contribution in [1.82, 2.24) is 9.55 Å². The van der Waals surface area contributed by atoms with E-state index in [9.17, 15) is 9.18 Å². The summed E-state index contributed by atoms with van der Waals surface area (Å²) in [6, 6.07) is 17.9. The van der Waals surface area contributed by atoms with Crippen molar-refractivity contribution in [3.63, 3.8) is 0 Å². The van der Waals surface area contributed by atoms with E-state index in [1.807, 2.05) is 47.0 Å².